The van der Waals surface area contributed by atoms with E-state index in [2.05, 4.69) is 27.4 Å². The zero-order chi connectivity index (χ0) is 12.1. The predicted molar refractivity (Wildman–Crippen MR) is 65.0 cm³/mol. The van der Waals surface area contributed by atoms with E-state index in [1.165, 1.54) is 12.7 Å². The van der Waals surface area contributed by atoms with Gasteiger partial charge in [0.05, 0.1) is 13.2 Å². The van der Waals surface area contributed by atoms with E-state index in [-0.39, 0.29) is 11.9 Å². The Hall–Kier alpha value is -1.39. The SMILES string of the molecule is CONC(=O)C1CCCN1Cc1ccccc1. The number of nitrogens with one attached hydrogen (secondary N) is 1. The van der Waals surface area contributed by atoms with Crippen LogP contribution in [0.4, 0.5) is 0 Å². The lowest BCUT2D eigenvalue weighted by Gasteiger charge is -2.23. The van der Waals surface area contributed by atoms with Crippen molar-refractivity contribution in [3.63, 3.8) is 0 Å². The molecule has 1 unspecified atom stereocenters. The van der Waals surface area contributed by atoms with Crippen molar-refractivity contribution in [2.24, 2.45) is 0 Å². The van der Waals surface area contributed by atoms with Gasteiger partial charge in [-0.25, -0.2) is 5.48 Å². The Morgan fingerprint density at radius 2 is 2.24 bits per heavy atom. The van der Waals surface area contributed by atoms with Gasteiger partial charge in [0.1, 0.15) is 0 Å². The van der Waals surface area contributed by atoms with Crippen LogP contribution in [0.3, 0.4) is 0 Å². The Morgan fingerprint density at radius 3 is 2.94 bits per heavy atom. The average molecular weight is 234 g/mol. The lowest BCUT2D eigenvalue weighted by Crippen LogP contribution is -2.42. The van der Waals surface area contributed by atoms with Crippen LogP contribution in [0, 0.1) is 0 Å². The van der Waals surface area contributed by atoms with Crippen molar-refractivity contribution in [3.8, 4) is 0 Å². The number of amides is 1. The summed E-state index contributed by atoms with van der Waals surface area (Å²) in [5.41, 5.74) is 3.66. The molecule has 1 N–H and O–H groups in total. The van der Waals surface area contributed by atoms with Crippen LogP contribution in [0.15, 0.2) is 30.3 Å². The predicted octanol–water partition coefficient (Wildman–Crippen LogP) is 1.33. The molecular weight excluding hydrogens is 216 g/mol. The largest absolute Gasteiger partial charge is 0.288 e. The number of hydrogen-bond donors (Lipinski definition) is 1. The summed E-state index contributed by atoms with van der Waals surface area (Å²) in [4.78, 5) is 18.7. The zero-order valence-electron chi connectivity index (χ0n) is 10.1. The first-order chi connectivity index (χ1) is 8.31. The highest BCUT2D eigenvalue weighted by Crippen LogP contribution is 2.20. The molecule has 1 aromatic carbocycles. The molecule has 92 valence electrons. The van der Waals surface area contributed by atoms with Crippen molar-refractivity contribution in [2.45, 2.75) is 25.4 Å². The Balaban J connectivity index is 1.98. The molecular formula is C13H18N2O2. The Bertz CT molecular complexity index is 367. The van der Waals surface area contributed by atoms with Crippen LogP contribution < -0.4 is 5.48 Å². The summed E-state index contributed by atoms with van der Waals surface area (Å²) >= 11 is 0. The molecule has 4 nitrogen and oxygen atoms in total. The number of nitrogens with zero attached hydrogens (tertiary/aromatic N) is 1. The summed E-state index contributed by atoms with van der Waals surface area (Å²) < 4.78 is 0. The molecule has 1 amide bonds. The number of hydrogen-bond acceptors (Lipinski definition) is 3. The Kier molecular flexibility index (Phi) is 4.12. The molecule has 1 atom stereocenters. The van der Waals surface area contributed by atoms with Gasteiger partial charge in [0, 0.05) is 6.54 Å². The first-order valence-electron chi connectivity index (χ1n) is 5.92. The molecule has 0 spiro atoms. The van der Waals surface area contributed by atoms with Gasteiger partial charge < -0.3 is 0 Å². The van der Waals surface area contributed by atoms with Crippen LogP contribution in [-0.2, 0) is 16.2 Å². The second kappa shape index (κ2) is 5.80. The van der Waals surface area contributed by atoms with E-state index in [4.69, 9.17) is 0 Å². The molecule has 0 aromatic heterocycles. The van der Waals surface area contributed by atoms with E-state index in [1.54, 1.807) is 0 Å². The molecule has 17 heavy (non-hydrogen) atoms. The van der Waals surface area contributed by atoms with Crippen LogP contribution in [0.5, 0.6) is 0 Å². The lowest BCUT2D eigenvalue weighted by molar-refractivity contribution is -0.136. The maximum atomic E-state index is 11.8. The van der Waals surface area contributed by atoms with Crippen LogP contribution in [-0.4, -0.2) is 30.5 Å². The highest BCUT2D eigenvalue weighted by Gasteiger charge is 2.30. The van der Waals surface area contributed by atoms with Gasteiger partial charge >= 0.3 is 0 Å². The Morgan fingerprint density at radius 1 is 1.47 bits per heavy atom. The molecule has 2 rings (SSSR count). The fourth-order valence-corrected chi connectivity index (χ4v) is 2.30. The second-order valence-electron chi connectivity index (χ2n) is 4.28. The number of rotatable bonds is 4. The van der Waals surface area contributed by atoms with Gasteiger partial charge in [-0.1, -0.05) is 30.3 Å². The molecule has 0 bridgehead atoms. The minimum Gasteiger partial charge on any atom is -0.288 e. The van der Waals surface area contributed by atoms with E-state index < -0.39 is 0 Å². The van der Waals surface area contributed by atoms with E-state index in [9.17, 15) is 4.79 Å². The average Bonchev–Trinajstić information content (AvgIpc) is 2.79. The van der Waals surface area contributed by atoms with Gasteiger partial charge in [-0.2, -0.15) is 0 Å². The number of hydroxylamine groups is 1. The maximum absolute atomic E-state index is 11.8. The molecule has 0 aliphatic carbocycles. The first kappa shape index (κ1) is 12.1. The number of carbonyl (C=O) groups excluding carboxylic acids is 1. The fraction of sp³-hybridized carbons (Fsp3) is 0.462. The molecule has 0 saturated carbocycles. The summed E-state index contributed by atoms with van der Waals surface area (Å²) in [6.07, 6.45) is 1.97. The van der Waals surface area contributed by atoms with Crippen LogP contribution in [0.1, 0.15) is 18.4 Å². The molecule has 1 fully saturated rings. The van der Waals surface area contributed by atoms with E-state index in [1.807, 2.05) is 18.2 Å². The highest BCUT2D eigenvalue weighted by molar-refractivity contribution is 5.81. The van der Waals surface area contributed by atoms with Gasteiger partial charge in [0.15, 0.2) is 0 Å². The maximum Gasteiger partial charge on any atom is 0.260 e. The van der Waals surface area contributed by atoms with Crippen LogP contribution in [0.25, 0.3) is 0 Å². The van der Waals surface area contributed by atoms with Gasteiger partial charge in [-0.3, -0.25) is 14.5 Å². The van der Waals surface area contributed by atoms with Gasteiger partial charge in [0.2, 0.25) is 0 Å². The van der Waals surface area contributed by atoms with Crippen molar-refractivity contribution in [1.82, 2.24) is 10.4 Å². The quantitative estimate of drug-likeness (QED) is 0.799. The van der Waals surface area contributed by atoms with Crippen LogP contribution in [0.2, 0.25) is 0 Å². The number of likely N-dealkylation sites (tertiary alicyclic amines) is 1. The summed E-state index contributed by atoms with van der Waals surface area (Å²) in [7, 11) is 1.47. The van der Waals surface area contributed by atoms with E-state index >= 15 is 0 Å². The van der Waals surface area contributed by atoms with Crippen molar-refractivity contribution < 1.29 is 9.63 Å². The summed E-state index contributed by atoms with van der Waals surface area (Å²) in [6.45, 7) is 1.79. The number of benzene rings is 1. The minimum absolute atomic E-state index is 0.0408. The first-order valence-corrected chi connectivity index (χ1v) is 5.92. The second-order valence-corrected chi connectivity index (χ2v) is 4.28. The molecule has 1 aromatic rings. The standard InChI is InChI=1S/C13H18N2O2/c1-17-14-13(16)12-8-5-9-15(12)10-11-6-3-2-4-7-11/h2-4,6-7,12H,5,8-10H2,1H3,(H,14,16). The molecule has 0 radical (unpaired) electrons. The molecule has 1 saturated heterocycles. The van der Waals surface area contributed by atoms with E-state index in [0.29, 0.717) is 0 Å². The monoisotopic (exact) mass is 234 g/mol. The minimum atomic E-state index is -0.0600. The van der Waals surface area contributed by atoms with E-state index in [0.717, 1.165) is 25.9 Å². The molecule has 1 aliphatic rings. The normalized spacial score (nSPS) is 20.4. The topological polar surface area (TPSA) is 41.6 Å². The lowest BCUT2D eigenvalue weighted by atomic mass is 10.2. The molecule has 1 aliphatic heterocycles. The van der Waals surface area contributed by atoms with Crippen molar-refractivity contribution in [1.29, 1.82) is 0 Å². The number of carbonyl (C=O) groups is 1. The van der Waals surface area contributed by atoms with Gasteiger partial charge in [-0.05, 0) is 24.9 Å². The summed E-state index contributed by atoms with van der Waals surface area (Å²) in [5, 5.41) is 0. The molecule has 4 heteroatoms. The van der Waals surface area contributed by atoms with Crippen molar-refractivity contribution in [2.75, 3.05) is 13.7 Å². The molecule has 1 heterocycles. The summed E-state index contributed by atoms with van der Waals surface area (Å²) in [6, 6.07) is 10.2. The third-order valence-corrected chi connectivity index (χ3v) is 3.10. The third-order valence-electron chi connectivity index (χ3n) is 3.10. The third kappa shape index (κ3) is 3.05. The highest BCUT2D eigenvalue weighted by atomic mass is 16.6. The Labute approximate surface area is 102 Å². The zero-order valence-corrected chi connectivity index (χ0v) is 10.1. The van der Waals surface area contributed by atoms with Crippen LogP contribution >= 0.6 is 0 Å². The van der Waals surface area contributed by atoms with Crippen molar-refractivity contribution in [3.05, 3.63) is 35.9 Å². The summed E-state index contributed by atoms with van der Waals surface area (Å²) in [5.74, 6) is -0.0408. The smallest absolute Gasteiger partial charge is 0.260 e. The fourth-order valence-electron chi connectivity index (χ4n) is 2.30. The van der Waals surface area contributed by atoms with Gasteiger partial charge in [0.25, 0.3) is 5.91 Å². The van der Waals surface area contributed by atoms with Gasteiger partial charge in [-0.15, -0.1) is 0 Å². The van der Waals surface area contributed by atoms with Crippen molar-refractivity contribution >= 4 is 5.91 Å².